The van der Waals surface area contributed by atoms with Gasteiger partial charge in [-0.15, -0.1) is 0 Å². The van der Waals surface area contributed by atoms with Crippen LogP contribution in [0.5, 0.6) is 5.75 Å². The highest BCUT2D eigenvalue weighted by Gasteiger charge is 2.41. The quantitative estimate of drug-likeness (QED) is 0.272. The Morgan fingerprint density at radius 3 is 2.43 bits per heavy atom. The van der Waals surface area contributed by atoms with Gasteiger partial charge in [-0.05, 0) is 105 Å². The van der Waals surface area contributed by atoms with Gasteiger partial charge in [-0.1, -0.05) is 0 Å². The van der Waals surface area contributed by atoms with Gasteiger partial charge in [0.15, 0.2) is 17.5 Å². The van der Waals surface area contributed by atoms with Crippen LogP contribution in [0.25, 0.3) is 10.9 Å². The molecular weight excluding hydrogens is 575 g/mol. The van der Waals surface area contributed by atoms with Crippen molar-refractivity contribution in [3.05, 3.63) is 70.7 Å². The molecule has 2 saturated heterocycles. The number of hydrogen-bond acceptors (Lipinski definition) is 7. The van der Waals surface area contributed by atoms with Gasteiger partial charge in [-0.3, -0.25) is 14.7 Å². The van der Waals surface area contributed by atoms with Crippen LogP contribution in [0, 0.1) is 22.9 Å². The normalized spacial score (nSPS) is 18.4. The first-order valence-electron chi connectivity index (χ1n) is 15.2. The van der Waals surface area contributed by atoms with E-state index >= 15 is 0 Å². The van der Waals surface area contributed by atoms with Gasteiger partial charge in [0.25, 0.3) is 0 Å². The summed E-state index contributed by atoms with van der Waals surface area (Å²) in [5.74, 6) is -4.07. The van der Waals surface area contributed by atoms with E-state index in [0.29, 0.717) is 82.8 Å². The summed E-state index contributed by atoms with van der Waals surface area (Å²) >= 11 is 0. The van der Waals surface area contributed by atoms with Crippen molar-refractivity contribution in [3.63, 3.8) is 0 Å². The smallest absolute Gasteiger partial charge is 0.309 e. The van der Waals surface area contributed by atoms with Crippen molar-refractivity contribution in [3.8, 4) is 5.75 Å². The predicted octanol–water partition coefficient (Wildman–Crippen LogP) is 5.11. The Balaban J connectivity index is 1.25. The highest BCUT2D eigenvalue weighted by atomic mass is 19.2. The van der Waals surface area contributed by atoms with E-state index in [4.69, 9.17) is 9.47 Å². The molecule has 1 aromatic heterocycles. The molecule has 0 spiro atoms. The molecule has 2 N–H and O–H groups in total. The fraction of sp³-hybridized carbons (Fsp3) is 0.515. The Bertz CT molecular complexity index is 1440. The van der Waals surface area contributed by atoms with Gasteiger partial charge in [0.1, 0.15) is 5.75 Å². The van der Waals surface area contributed by atoms with Crippen molar-refractivity contribution in [1.29, 1.82) is 0 Å². The third kappa shape index (κ3) is 7.34. The average molecular weight is 616 g/mol. The highest BCUT2D eigenvalue weighted by Crippen LogP contribution is 2.40. The van der Waals surface area contributed by atoms with Crippen molar-refractivity contribution >= 4 is 16.9 Å². The molecule has 0 aliphatic carbocycles. The molecule has 0 bridgehead atoms. The number of benzene rings is 2. The zero-order valence-corrected chi connectivity index (χ0v) is 25.0. The first-order chi connectivity index (χ1) is 21.2. The van der Waals surface area contributed by atoms with Gasteiger partial charge in [-0.25, -0.2) is 13.2 Å². The molecule has 3 heterocycles. The molecule has 2 fully saturated rings. The molecule has 8 nitrogen and oxygen atoms in total. The number of morpholine rings is 1. The zero-order valence-electron chi connectivity index (χ0n) is 25.0. The van der Waals surface area contributed by atoms with Crippen LogP contribution < -0.4 is 4.74 Å². The minimum absolute atomic E-state index is 0.278. The number of aliphatic carboxylic acids is 1. The molecule has 3 aromatic rings. The number of carboxylic acids is 1. The maximum atomic E-state index is 13.5. The number of pyridine rings is 1. The van der Waals surface area contributed by atoms with Crippen LogP contribution in [0.1, 0.15) is 54.9 Å². The number of rotatable bonds is 12. The Hall–Kier alpha value is -3.25. The molecule has 44 heavy (non-hydrogen) atoms. The van der Waals surface area contributed by atoms with Crippen LogP contribution in [0.15, 0.2) is 36.5 Å². The van der Waals surface area contributed by atoms with E-state index in [1.54, 1.807) is 7.11 Å². The molecule has 0 saturated carbocycles. The molecule has 0 amide bonds. The van der Waals surface area contributed by atoms with Crippen molar-refractivity contribution in [2.24, 2.45) is 5.41 Å². The lowest BCUT2D eigenvalue weighted by Crippen LogP contribution is -2.44. The minimum Gasteiger partial charge on any atom is -0.497 e. The highest BCUT2D eigenvalue weighted by molar-refractivity contribution is 5.85. The van der Waals surface area contributed by atoms with E-state index in [0.717, 1.165) is 47.3 Å². The van der Waals surface area contributed by atoms with E-state index in [1.165, 1.54) is 0 Å². The second-order valence-corrected chi connectivity index (χ2v) is 11.9. The number of aromatic nitrogens is 1. The summed E-state index contributed by atoms with van der Waals surface area (Å²) in [5.41, 5.74) is 1.82. The molecular formula is C33H40F3N3O5. The van der Waals surface area contributed by atoms with Crippen molar-refractivity contribution < 1.29 is 37.7 Å². The number of fused-ring (bicyclic) bond motifs is 1. The number of piperidine rings is 1. The number of likely N-dealkylation sites (tertiary alicyclic amines) is 1. The van der Waals surface area contributed by atoms with Crippen molar-refractivity contribution in [2.75, 3.05) is 53.0 Å². The molecule has 238 valence electrons. The number of carbonyl (C=O) groups is 1. The summed E-state index contributed by atoms with van der Waals surface area (Å²) < 4.78 is 51.3. The Morgan fingerprint density at radius 1 is 1.07 bits per heavy atom. The first kappa shape index (κ1) is 32.2. The Morgan fingerprint density at radius 2 is 1.77 bits per heavy atom. The lowest BCUT2D eigenvalue weighted by molar-refractivity contribution is -0.153. The summed E-state index contributed by atoms with van der Waals surface area (Å²) in [4.78, 5) is 21.7. The summed E-state index contributed by atoms with van der Waals surface area (Å²) in [6.07, 6.45) is 3.36. The van der Waals surface area contributed by atoms with Gasteiger partial charge in [0.05, 0.1) is 37.4 Å². The van der Waals surface area contributed by atoms with E-state index in [9.17, 15) is 28.2 Å². The topological polar surface area (TPSA) is 95.4 Å². The van der Waals surface area contributed by atoms with E-state index in [-0.39, 0.29) is 6.42 Å². The number of aliphatic hydroxyl groups is 1. The van der Waals surface area contributed by atoms with E-state index < -0.39 is 34.9 Å². The molecule has 1 unspecified atom stereocenters. The second kappa shape index (κ2) is 14.2. The molecule has 1 atom stereocenters. The van der Waals surface area contributed by atoms with Crippen LogP contribution in [-0.4, -0.2) is 84.0 Å². The molecule has 2 aromatic carbocycles. The lowest BCUT2D eigenvalue weighted by Gasteiger charge is -2.39. The zero-order chi connectivity index (χ0) is 31.3. The lowest BCUT2D eigenvalue weighted by atomic mass is 9.73. The predicted molar refractivity (Wildman–Crippen MR) is 159 cm³/mol. The molecule has 11 heteroatoms. The maximum Gasteiger partial charge on any atom is 0.309 e. The third-order valence-electron chi connectivity index (χ3n) is 9.18. The number of carboxylic acid groups (broad SMARTS) is 1. The summed E-state index contributed by atoms with van der Waals surface area (Å²) in [7, 11) is 1.59. The first-order valence-corrected chi connectivity index (χ1v) is 15.2. The summed E-state index contributed by atoms with van der Waals surface area (Å²) in [5, 5.41) is 22.8. The van der Waals surface area contributed by atoms with Gasteiger partial charge >= 0.3 is 5.97 Å². The standard InChI is InChI=1S/C33H40F3N3O5/c1-43-24-4-5-28-25(19-24)30(23(20-37-28)21-39-13-15-44-16-14-39)29(40)6-7-33(32(41)42)8-11-38(12-9-33)10-2-3-22-17-26(34)31(36)27(35)18-22/h4-5,17-20,29,40H,2-3,6-16,21H2,1H3,(H,41,42). The van der Waals surface area contributed by atoms with Crippen LogP contribution in [0.2, 0.25) is 0 Å². The number of methoxy groups -OCH3 is 1. The fourth-order valence-corrected chi connectivity index (χ4v) is 6.47. The fourth-order valence-electron chi connectivity index (χ4n) is 6.47. The van der Waals surface area contributed by atoms with Gasteiger partial charge in [-0.2, -0.15) is 0 Å². The Labute approximate surface area is 255 Å². The van der Waals surface area contributed by atoms with Gasteiger partial charge < -0.3 is 24.6 Å². The molecule has 2 aliphatic heterocycles. The van der Waals surface area contributed by atoms with E-state index in [2.05, 4.69) is 14.8 Å². The number of aryl methyl sites for hydroxylation is 1. The summed E-state index contributed by atoms with van der Waals surface area (Å²) in [6, 6.07) is 7.61. The molecule has 2 aliphatic rings. The summed E-state index contributed by atoms with van der Waals surface area (Å²) in [6.45, 7) is 5.21. The average Bonchev–Trinajstić information content (AvgIpc) is 3.03. The van der Waals surface area contributed by atoms with Gasteiger partial charge in [0, 0.05) is 31.2 Å². The molecule has 0 radical (unpaired) electrons. The van der Waals surface area contributed by atoms with Crippen LogP contribution in [0.4, 0.5) is 13.2 Å². The number of ether oxygens (including phenoxy) is 2. The van der Waals surface area contributed by atoms with Crippen LogP contribution in [-0.2, 0) is 22.5 Å². The third-order valence-corrected chi connectivity index (χ3v) is 9.18. The number of halogens is 3. The number of nitrogens with zero attached hydrogens (tertiary/aromatic N) is 3. The van der Waals surface area contributed by atoms with E-state index in [1.807, 2.05) is 24.4 Å². The van der Waals surface area contributed by atoms with Gasteiger partial charge in [0.2, 0.25) is 0 Å². The van der Waals surface area contributed by atoms with Crippen molar-refractivity contribution in [1.82, 2.24) is 14.8 Å². The second-order valence-electron chi connectivity index (χ2n) is 11.9. The number of aliphatic hydroxyl groups excluding tert-OH is 1. The Kier molecular flexibility index (Phi) is 10.4. The van der Waals surface area contributed by atoms with Crippen molar-refractivity contribution in [2.45, 2.75) is 51.2 Å². The number of hydrogen-bond donors (Lipinski definition) is 2. The van der Waals surface area contributed by atoms with Crippen LogP contribution in [0.3, 0.4) is 0 Å². The van der Waals surface area contributed by atoms with Crippen LogP contribution >= 0.6 is 0 Å². The largest absolute Gasteiger partial charge is 0.497 e. The monoisotopic (exact) mass is 615 g/mol. The SMILES string of the molecule is COc1ccc2ncc(CN3CCOCC3)c(C(O)CCC3(C(=O)O)CCN(CCCc4cc(F)c(F)c(F)c4)CC3)c2c1. The minimum atomic E-state index is -1.47. The molecule has 5 rings (SSSR count). The maximum absolute atomic E-state index is 13.5.